The number of nitro groups is 1. The molecule has 5 rings (SSSR count). The Morgan fingerprint density at radius 2 is 1.33 bits per heavy atom. The van der Waals surface area contributed by atoms with Crippen molar-refractivity contribution in [3.05, 3.63) is 82.1 Å². The number of aromatic nitrogens is 1. The second kappa shape index (κ2) is 25.5. The minimum absolute atomic E-state index is 0.0384. The summed E-state index contributed by atoms with van der Waals surface area (Å²) < 4.78 is 7.81. The fourth-order valence-electron chi connectivity index (χ4n) is 9.49. The number of phenols is 1. The lowest BCUT2D eigenvalue weighted by atomic mass is 9.97. The van der Waals surface area contributed by atoms with Gasteiger partial charge < -0.3 is 55.9 Å². The van der Waals surface area contributed by atoms with Gasteiger partial charge in [0.1, 0.15) is 48.4 Å². The third-order valence-electron chi connectivity index (χ3n) is 14.1. The van der Waals surface area contributed by atoms with Gasteiger partial charge in [-0.1, -0.05) is 71.0 Å². The molecule has 3 aromatic rings. The van der Waals surface area contributed by atoms with Gasteiger partial charge in [0.05, 0.1) is 23.0 Å². The van der Waals surface area contributed by atoms with Crippen LogP contribution in [0.4, 0.5) is 5.69 Å². The van der Waals surface area contributed by atoms with E-state index in [0.29, 0.717) is 12.2 Å². The highest BCUT2D eigenvalue weighted by atomic mass is 16.6. The second-order valence-corrected chi connectivity index (χ2v) is 21.4. The van der Waals surface area contributed by atoms with E-state index < -0.39 is 130 Å². The van der Waals surface area contributed by atoms with Crippen molar-refractivity contribution in [2.24, 2.45) is 17.8 Å². The van der Waals surface area contributed by atoms with Crippen LogP contribution in [-0.4, -0.2) is 146 Å². The van der Waals surface area contributed by atoms with Gasteiger partial charge in [0.15, 0.2) is 5.75 Å². The lowest BCUT2D eigenvalue weighted by molar-refractivity contribution is -0.385. The van der Waals surface area contributed by atoms with E-state index in [1.165, 1.54) is 38.9 Å². The first kappa shape index (κ1) is 59.5. The number of carboxylic acids is 1. The summed E-state index contributed by atoms with van der Waals surface area (Å²) in [6.07, 6.45) is 4.23. The van der Waals surface area contributed by atoms with E-state index in [1.54, 1.807) is 32.9 Å². The van der Waals surface area contributed by atoms with Gasteiger partial charge in [0.2, 0.25) is 41.4 Å². The number of carbonyl (C=O) groups is 8. The van der Waals surface area contributed by atoms with Crippen molar-refractivity contribution in [2.75, 3.05) is 20.7 Å². The van der Waals surface area contributed by atoms with E-state index in [1.807, 2.05) is 58.2 Å². The molecule has 7 N–H and O–H groups in total. The molecule has 7 amide bonds. The summed E-state index contributed by atoms with van der Waals surface area (Å²) >= 11 is 0. The number of rotatable bonds is 16. The number of nitrogens with zero attached hydrogens (tertiary/aromatic N) is 4. The first-order valence-electron chi connectivity index (χ1n) is 25.7. The average Bonchev–Trinajstić information content (AvgIpc) is 4.16. The number of nitrogens with one attached hydrogen (secondary N) is 5. The number of hydrogen-bond donors (Lipinski definition) is 7. The lowest BCUT2D eigenvalue weighted by Crippen LogP contribution is -2.60. The van der Waals surface area contributed by atoms with Crippen LogP contribution in [0.15, 0.2) is 60.8 Å². The monoisotopic (exact) mass is 1060 g/mol. The highest BCUT2D eigenvalue weighted by Gasteiger charge is 2.43. The molecule has 3 heterocycles. The van der Waals surface area contributed by atoms with E-state index in [9.17, 15) is 53.9 Å². The zero-order chi connectivity index (χ0) is 56.5. The molecule has 2 aliphatic heterocycles. The molecule has 9 atom stereocenters. The molecule has 0 radical (unpaired) electrons. The fraction of sp³-hybridized carbons (Fsp3) is 0.556. The molecule has 2 aromatic carbocycles. The van der Waals surface area contributed by atoms with E-state index >= 15 is 4.79 Å². The molecule has 2 unspecified atom stereocenters. The SMILES string of the molecule is C/C=C/C[C@@H]1NC(=O)[C@H](CC(C)C)NC(=O)[C@H](CC(C)C(=O)O)N(C)C(=O)[C@H](C)NC(=O)[C@H](Cc2ccc(O)c([N+](=O)[O-])c2)NC(=O)[C@H](CC(C)C)N(C)C(=O)[C@H](Cc2cn(C(C)(C)C3CO3)c3ccccc23)NC1=O. The van der Waals surface area contributed by atoms with E-state index in [0.717, 1.165) is 27.9 Å². The average molecular weight is 1060 g/mol. The summed E-state index contributed by atoms with van der Waals surface area (Å²) in [6, 6.07) is 1.09. The normalized spacial score (nSPS) is 24.5. The quantitative estimate of drug-likeness (QED) is 0.0469. The van der Waals surface area contributed by atoms with Crippen LogP contribution in [-0.2, 0) is 61.5 Å². The molecule has 2 fully saturated rings. The third-order valence-corrected chi connectivity index (χ3v) is 14.1. The number of benzene rings is 2. The number of amides is 7. The predicted molar refractivity (Wildman–Crippen MR) is 281 cm³/mol. The van der Waals surface area contributed by atoms with E-state index in [2.05, 4.69) is 31.2 Å². The Morgan fingerprint density at radius 1 is 0.776 bits per heavy atom. The molecule has 22 nitrogen and oxygen atoms in total. The number of hydrogen-bond acceptors (Lipinski definition) is 12. The molecule has 0 bridgehead atoms. The first-order chi connectivity index (χ1) is 35.7. The number of fused-ring (bicyclic) bond motifs is 1. The second-order valence-electron chi connectivity index (χ2n) is 21.4. The number of epoxide rings is 1. The molecule has 0 saturated carbocycles. The van der Waals surface area contributed by atoms with Gasteiger partial charge in [-0.2, -0.15) is 0 Å². The molecule has 22 heteroatoms. The van der Waals surface area contributed by atoms with Gasteiger partial charge in [-0.15, -0.1) is 0 Å². The fourth-order valence-corrected chi connectivity index (χ4v) is 9.49. The first-order valence-corrected chi connectivity index (χ1v) is 25.7. The Bertz CT molecular complexity index is 2700. The number of allylic oxidation sites excluding steroid dienone is 1. The Labute approximate surface area is 442 Å². The van der Waals surface area contributed by atoms with Gasteiger partial charge in [-0.25, -0.2) is 0 Å². The summed E-state index contributed by atoms with van der Waals surface area (Å²) in [4.78, 5) is 128. The smallest absolute Gasteiger partial charge is 0.310 e. The Balaban J connectivity index is 1.70. The van der Waals surface area contributed by atoms with Crippen molar-refractivity contribution in [1.82, 2.24) is 41.0 Å². The Morgan fingerprint density at radius 3 is 1.92 bits per heavy atom. The van der Waals surface area contributed by atoms with Crippen molar-refractivity contribution in [3.63, 3.8) is 0 Å². The zero-order valence-electron chi connectivity index (χ0n) is 45.2. The van der Waals surface area contributed by atoms with Crippen LogP contribution in [0.25, 0.3) is 10.9 Å². The summed E-state index contributed by atoms with van der Waals surface area (Å²) in [7, 11) is 2.64. The van der Waals surface area contributed by atoms with Crippen molar-refractivity contribution < 1.29 is 58.2 Å². The highest BCUT2D eigenvalue weighted by molar-refractivity contribution is 5.99. The molecule has 2 aliphatic rings. The van der Waals surface area contributed by atoms with Crippen LogP contribution in [0.2, 0.25) is 0 Å². The summed E-state index contributed by atoms with van der Waals surface area (Å²) in [6.45, 7) is 16.2. The van der Waals surface area contributed by atoms with Gasteiger partial charge in [-0.05, 0) is 88.5 Å². The van der Waals surface area contributed by atoms with E-state index in [4.69, 9.17) is 4.74 Å². The summed E-state index contributed by atoms with van der Waals surface area (Å²) in [5.74, 6) is -9.38. The van der Waals surface area contributed by atoms with Crippen LogP contribution in [0.1, 0.15) is 99.1 Å². The molecule has 414 valence electrons. The van der Waals surface area contributed by atoms with E-state index in [-0.39, 0.29) is 49.2 Å². The number of aliphatic carboxylic acids is 1. The Kier molecular flexibility index (Phi) is 19.9. The highest BCUT2D eigenvalue weighted by Crippen LogP contribution is 2.36. The van der Waals surface area contributed by atoms with Crippen molar-refractivity contribution >= 4 is 63.9 Å². The number of phenolic OH excluding ortho intramolecular Hbond substituents is 1. The van der Waals surface area contributed by atoms with Gasteiger partial charge >= 0.3 is 11.7 Å². The number of ether oxygens (including phenoxy) is 1. The summed E-state index contributed by atoms with van der Waals surface area (Å²) in [5.41, 5.74) is 0.429. The maximum atomic E-state index is 15.3. The number of carbonyl (C=O) groups excluding carboxylic acids is 7. The molecule has 0 aliphatic carbocycles. The van der Waals surface area contributed by atoms with Crippen LogP contribution >= 0.6 is 0 Å². The molecular weight excluding hydrogens is 983 g/mol. The van der Waals surface area contributed by atoms with Crippen LogP contribution in [0.5, 0.6) is 5.75 Å². The minimum atomic E-state index is -1.59. The molecular formula is C54H75N9O13. The third kappa shape index (κ3) is 14.7. The Hall–Kier alpha value is -7.36. The molecule has 1 aromatic heterocycles. The standard InChI is InChI=1S/C54H75N9O13/c1-12-13-17-36-46(65)59-39(26-34-27-62(54(8,9)45-28-76-45)40-18-15-14-16-35(34)40)52(71)61(11)42(22-30(4)5)49(68)58-38(24-33-19-20-44(64)41(25-33)63(74)75)47(66)55-32(7)51(70)60(10)43(23-31(6)53(72)73)50(69)57-37(21-29(2)3)48(67)56-36/h12-16,18-20,25,27,29-32,36-39,42-43,45,64H,17,21-24,26,28H2,1-11H3,(H,55,66)(H,56,67)(H,57,69)(H,58,68)(H,59,65)(H,72,73)/b13-12+/t31?,32-,36-,37-,38-,39-,42-,43-,45?/m0/s1. The number of para-hydroxylation sites is 1. The molecule has 2 saturated heterocycles. The van der Waals surface area contributed by atoms with Crippen molar-refractivity contribution in [1.29, 1.82) is 0 Å². The van der Waals surface area contributed by atoms with Crippen LogP contribution in [0.3, 0.4) is 0 Å². The topological polar surface area (TPSA) is 304 Å². The zero-order valence-corrected chi connectivity index (χ0v) is 45.2. The predicted octanol–water partition coefficient (Wildman–Crippen LogP) is 3.45. The number of nitro benzene ring substituents is 1. The number of aromatic hydroxyl groups is 1. The van der Waals surface area contributed by atoms with Crippen molar-refractivity contribution in [3.8, 4) is 5.75 Å². The molecule has 0 spiro atoms. The van der Waals surface area contributed by atoms with Crippen LogP contribution < -0.4 is 26.6 Å². The lowest BCUT2D eigenvalue weighted by Gasteiger charge is -2.33. The largest absolute Gasteiger partial charge is 0.502 e. The summed E-state index contributed by atoms with van der Waals surface area (Å²) in [5, 5.41) is 46.5. The van der Waals surface area contributed by atoms with Crippen LogP contribution in [0, 0.1) is 27.9 Å². The van der Waals surface area contributed by atoms with Gasteiger partial charge in [0.25, 0.3) is 0 Å². The molecule has 76 heavy (non-hydrogen) atoms. The van der Waals surface area contributed by atoms with Gasteiger partial charge in [0, 0.05) is 50.1 Å². The van der Waals surface area contributed by atoms with Crippen molar-refractivity contribution in [2.45, 2.75) is 155 Å². The van der Waals surface area contributed by atoms with Gasteiger partial charge in [-0.3, -0.25) is 48.5 Å². The number of likely N-dealkylation sites (N-methyl/N-ethyl adjacent to an activating group) is 2. The number of carboxylic acid groups (broad SMARTS) is 1. The maximum absolute atomic E-state index is 15.3. The maximum Gasteiger partial charge on any atom is 0.310 e. The minimum Gasteiger partial charge on any atom is -0.502 e.